The molecule has 0 unspecified atom stereocenters. The number of carbonyl (C=O) groups is 1. The van der Waals surface area contributed by atoms with Gasteiger partial charge in [-0.15, -0.1) is 0 Å². The van der Waals surface area contributed by atoms with Gasteiger partial charge in [0.05, 0.1) is 11.4 Å². The normalized spacial score (nSPS) is 15.4. The zero-order chi connectivity index (χ0) is 22.4. The summed E-state index contributed by atoms with van der Waals surface area (Å²) in [7, 11) is 0. The van der Waals surface area contributed by atoms with E-state index in [1.54, 1.807) is 6.20 Å². The molecule has 7 heteroatoms. The second kappa shape index (κ2) is 8.01. The van der Waals surface area contributed by atoms with Crippen LogP contribution in [0.4, 0.5) is 0 Å². The van der Waals surface area contributed by atoms with Crippen LogP contribution >= 0.6 is 15.9 Å². The van der Waals surface area contributed by atoms with Crippen LogP contribution in [0.1, 0.15) is 33.4 Å². The number of pyridine rings is 1. The van der Waals surface area contributed by atoms with Gasteiger partial charge in [0.1, 0.15) is 11.7 Å². The summed E-state index contributed by atoms with van der Waals surface area (Å²) in [6, 6.07) is 21.8. The van der Waals surface area contributed by atoms with Crippen molar-refractivity contribution in [3.63, 3.8) is 0 Å². The van der Waals surface area contributed by atoms with Crippen LogP contribution in [0.25, 0.3) is 22.2 Å². The summed E-state index contributed by atoms with van der Waals surface area (Å²) in [6.45, 7) is 0.574. The first-order valence-electron chi connectivity index (χ1n) is 10.8. The van der Waals surface area contributed by atoms with Crippen molar-refractivity contribution in [2.45, 2.75) is 12.5 Å². The number of H-pyrrole nitrogens is 2. The molecule has 1 aliphatic rings. The van der Waals surface area contributed by atoms with E-state index in [0.29, 0.717) is 12.2 Å². The molecule has 4 heterocycles. The highest BCUT2D eigenvalue weighted by atomic mass is 79.9. The standard InChI is InChI=1S/C26H20BrN5O/c27-18-10-8-16(9-11-18)23-22-24(31-30-23)26(33)32(25(22)21-7-3-4-13-28-21)14-12-17-15-29-20-6-2-1-5-19(17)20/h1-11,13,15,25,29H,12,14H2,(H,30,31)/t25-/m0/s1. The fourth-order valence-corrected chi connectivity index (χ4v) is 4.94. The van der Waals surface area contributed by atoms with Gasteiger partial charge in [-0.25, -0.2) is 0 Å². The number of aromatic amines is 2. The van der Waals surface area contributed by atoms with E-state index in [0.717, 1.165) is 38.9 Å². The quantitative estimate of drug-likeness (QED) is 0.336. The van der Waals surface area contributed by atoms with Gasteiger partial charge < -0.3 is 9.88 Å². The number of fused-ring (bicyclic) bond motifs is 2. The summed E-state index contributed by atoms with van der Waals surface area (Å²) in [5, 5.41) is 8.73. The molecule has 2 N–H and O–H groups in total. The summed E-state index contributed by atoms with van der Waals surface area (Å²) in [6.07, 6.45) is 4.55. The zero-order valence-electron chi connectivity index (χ0n) is 17.6. The Balaban J connectivity index is 1.40. The van der Waals surface area contributed by atoms with Gasteiger partial charge in [-0.3, -0.25) is 14.9 Å². The third-order valence-corrected chi connectivity index (χ3v) is 6.78. The molecule has 0 aliphatic carbocycles. The van der Waals surface area contributed by atoms with Crippen LogP contribution in [0.3, 0.4) is 0 Å². The van der Waals surface area contributed by atoms with Crippen LogP contribution in [0.2, 0.25) is 0 Å². The lowest BCUT2D eigenvalue weighted by Crippen LogP contribution is -2.32. The molecule has 1 atom stereocenters. The largest absolute Gasteiger partial charge is 0.361 e. The minimum Gasteiger partial charge on any atom is -0.361 e. The first-order chi connectivity index (χ1) is 16.2. The number of halogens is 1. The summed E-state index contributed by atoms with van der Waals surface area (Å²) < 4.78 is 0.996. The number of aromatic nitrogens is 4. The molecule has 0 fully saturated rings. The minimum atomic E-state index is -0.295. The third-order valence-electron chi connectivity index (χ3n) is 6.25. The molecule has 33 heavy (non-hydrogen) atoms. The van der Waals surface area contributed by atoms with Crippen LogP contribution in [0.15, 0.2) is 83.6 Å². The molecule has 0 saturated heterocycles. The van der Waals surface area contributed by atoms with E-state index in [1.807, 2.05) is 65.7 Å². The second-order valence-electron chi connectivity index (χ2n) is 8.13. The smallest absolute Gasteiger partial charge is 0.273 e. The fraction of sp³-hybridized carbons (Fsp3) is 0.115. The van der Waals surface area contributed by atoms with Crippen LogP contribution in [-0.4, -0.2) is 37.5 Å². The Morgan fingerprint density at radius 1 is 1.00 bits per heavy atom. The SMILES string of the molecule is O=C1c2[nH]nc(-c3ccc(Br)cc3)c2[C@H](c2ccccn2)N1CCc1c[nH]c2ccccc12. The number of hydrogen-bond acceptors (Lipinski definition) is 3. The molecule has 1 aliphatic heterocycles. The van der Waals surface area contributed by atoms with E-state index >= 15 is 0 Å². The first kappa shape index (κ1) is 19.9. The topological polar surface area (TPSA) is 77.7 Å². The van der Waals surface area contributed by atoms with Crippen molar-refractivity contribution in [3.05, 3.63) is 106 Å². The van der Waals surface area contributed by atoms with Gasteiger partial charge in [0.15, 0.2) is 0 Å². The highest BCUT2D eigenvalue weighted by Gasteiger charge is 2.42. The van der Waals surface area contributed by atoms with Gasteiger partial charge in [0.2, 0.25) is 0 Å². The predicted octanol–water partition coefficient (Wildman–Crippen LogP) is 5.50. The third kappa shape index (κ3) is 3.36. The number of rotatable bonds is 5. The number of benzene rings is 2. The van der Waals surface area contributed by atoms with E-state index < -0.39 is 0 Å². The molecule has 0 bridgehead atoms. The summed E-state index contributed by atoms with van der Waals surface area (Å²) in [5.41, 5.74) is 6.32. The van der Waals surface area contributed by atoms with E-state index in [1.165, 1.54) is 10.9 Å². The maximum atomic E-state index is 13.5. The van der Waals surface area contributed by atoms with Gasteiger partial charge in [0, 0.05) is 45.4 Å². The molecule has 3 aromatic heterocycles. The minimum absolute atomic E-state index is 0.0450. The molecule has 1 amide bonds. The highest BCUT2D eigenvalue weighted by Crippen LogP contribution is 2.42. The maximum absolute atomic E-state index is 13.5. The van der Waals surface area contributed by atoms with Gasteiger partial charge in [-0.1, -0.05) is 52.3 Å². The van der Waals surface area contributed by atoms with Gasteiger partial charge >= 0.3 is 0 Å². The molecule has 0 saturated carbocycles. The molecule has 6 rings (SSSR count). The van der Waals surface area contributed by atoms with E-state index in [4.69, 9.17) is 0 Å². The monoisotopic (exact) mass is 497 g/mol. The van der Waals surface area contributed by atoms with E-state index in [9.17, 15) is 4.79 Å². The predicted molar refractivity (Wildman–Crippen MR) is 131 cm³/mol. The van der Waals surface area contributed by atoms with Crippen LogP contribution < -0.4 is 0 Å². The number of amides is 1. The second-order valence-corrected chi connectivity index (χ2v) is 9.05. The molecule has 0 spiro atoms. The van der Waals surface area contributed by atoms with Crippen molar-refractivity contribution < 1.29 is 4.79 Å². The lowest BCUT2D eigenvalue weighted by atomic mass is 9.99. The lowest BCUT2D eigenvalue weighted by molar-refractivity contribution is 0.0743. The number of carbonyl (C=O) groups excluding carboxylic acids is 1. The Hall–Kier alpha value is -3.71. The molecule has 2 aromatic carbocycles. The average Bonchev–Trinajstić information content (AvgIpc) is 3.53. The Morgan fingerprint density at radius 3 is 2.64 bits per heavy atom. The van der Waals surface area contributed by atoms with Crippen molar-refractivity contribution >= 4 is 32.7 Å². The van der Waals surface area contributed by atoms with Crippen molar-refractivity contribution in [1.82, 2.24) is 25.1 Å². The van der Waals surface area contributed by atoms with Crippen molar-refractivity contribution in [1.29, 1.82) is 0 Å². The average molecular weight is 498 g/mol. The Kier molecular flexibility index (Phi) is 4.84. The Morgan fingerprint density at radius 2 is 1.82 bits per heavy atom. The number of nitrogens with one attached hydrogen (secondary N) is 2. The Bertz CT molecular complexity index is 1460. The van der Waals surface area contributed by atoms with Crippen molar-refractivity contribution in [2.24, 2.45) is 0 Å². The zero-order valence-corrected chi connectivity index (χ0v) is 19.2. The lowest BCUT2D eigenvalue weighted by Gasteiger charge is -2.25. The Labute approximate surface area is 198 Å². The fourth-order valence-electron chi connectivity index (χ4n) is 4.68. The molecular formula is C26H20BrN5O. The van der Waals surface area contributed by atoms with Crippen molar-refractivity contribution in [2.75, 3.05) is 6.54 Å². The number of nitrogens with zero attached hydrogens (tertiary/aromatic N) is 3. The van der Waals surface area contributed by atoms with Crippen LogP contribution in [0, 0.1) is 0 Å². The number of para-hydroxylation sites is 1. The van der Waals surface area contributed by atoms with Crippen LogP contribution in [-0.2, 0) is 6.42 Å². The van der Waals surface area contributed by atoms with E-state index in [-0.39, 0.29) is 11.9 Å². The molecule has 0 radical (unpaired) electrons. The molecule has 6 nitrogen and oxygen atoms in total. The molecule has 162 valence electrons. The van der Waals surface area contributed by atoms with Crippen LogP contribution in [0.5, 0.6) is 0 Å². The first-order valence-corrected chi connectivity index (χ1v) is 11.6. The summed E-state index contributed by atoms with van der Waals surface area (Å²) >= 11 is 3.49. The maximum Gasteiger partial charge on any atom is 0.273 e. The molecular weight excluding hydrogens is 478 g/mol. The van der Waals surface area contributed by atoms with E-state index in [2.05, 4.69) is 48.2 Å². The number of hydrogen-bond donors (Lipinski definition) is 2. The summed E-state index contributed by atoms with van der Waals surface area (Å²) in [4.78, 5) is 23.4. The molecule has 5 aromatic rings. The summed E-state index contributed by atoms with van der Waals surface area (Å²) in [5.74, 6) is -0.0450. The van der Waals surface area contributed by atoms with Gasteiger partial charge in [0.25, 0.3) is 5.91 Å². The van der Waals surface area contributed by atoms with Gasteiger partial charge in [-0.2, -0.15) is 5.10 Å². The van der Waals surface area contributed by atoms with Gasteiger partial charge in [-0.05, 0) is 42.3 Å². The highest BCUT2D eigenvalue weighted by molar-refractivity contribution is 9.10. The van der Waals surface area contributed by atoms with Crippen molar-refractivity contribution in [3.8, 4) is 11.3 Å².